The molecule has 0 bridgehead atoms. The molecule has 0 fully saturated rings. The number of nitrogens with zero attached hydrogens (tertiary/aromatic N) is 6. The Morgan fingerprint density at radius 1 is 0.211 bits per heavy atom. The standard InChI is InChI=1S/C46H30N2O.C45H34N2O2.C45H32N2O2/c1-46(33-17-9-4-10-18-33)39-20-12-11-19-34(39)35-28-43-37(27-40(35)46)36-26-32(22-24-42(36)49-43)45-47-41-23-21-31(29-13-5-2-6-14-29)25-38(41)44(48-45)30-15-7-3-8-16-30;1-25(2)45(26(3)4)35-16-8-5-12-28(35)32-24-41-34(23-36(32)45)33-22-27(20-21-39(33)49-41)44-46-37-17-9-6-13-29(37)43(47-44)31-15-11-19-40-42(31)30-14-7-10-18-38(30)48-40;1-26(2)45(3)35-17-9-7-14-31(35)32-24-25-34-38-30(16-11-19-37(38)49-42(34)39(32)45)27-20-22-28(23-21-27)40-43-41(33-15-8-10-18-36(33)48-43)47-44(46-40)29-12-5-4-6-13-29/h2-28H,1H3;5-26H,1-4H3;4-26H,1-3H3. The first-order valence-electron chi connectivity index (χ1n) is 50.9. The molecule has 27 aromatic rings. The monoisotopic (exact) mass is 1890 g/mol. The van der Waals surface area contributed by atoms with Crippen molar-refractivity contribution in [1.29, 1.82) is 0 Å². The highest BCUT2D eigenvalue weighted by Gasteiger charge is 2.49. The Bertz CT molecular complexity index is 10100. The van der Waals surface area contributed by atoms with Crippen LogP contribution in [0.1, 0.15) is 94.3 Å². The predicted octanol–water partition coefficient (Wildman–Crippen LogP) is 36.4. The van der Waals surface area contributed by atoms with Crippen molar-refractivity contribution in [2.75, 3.05) is 0 Å². The summed E-state index contributed by atoms with van der Waals surface area (Å²) < 4.78 is 32.6. The fourth-order valence-electron chi connectivity index (χ4n) is 25.0. The van der Waals surface area contributed by atoms with Crippen molar-refractivity contribution in [1.82, 2.24) is 29.9 Å². The average Bonchev–Trinajstić information content (AvgIpc) is 1.54. The Labute approximate surface area is 848 Å². The number of hydrogen-bond donors (Lipinski definition) is 0. The van der Waals surface area contributed by atoms with Crippen LogP contribution in [-0.2, 0) is 16.2 Å². The summed E-state index contributed by atoms with van der Waals surface area (Å²) in [6.07, 6.45) is 0. The normalized spacial score (nSPS) is 14.8. The van der Waals surface area contributed by atoms with E-state index in [4.69, 9.17) is 52.0 Å². The van der Waals surface area contributed by atoms with Gasteiger partial charge in [0.2, 0.25) is 0 Å². The first-order chi connectivity index (χ1) is 72.1. The summed E-state index contributed by atoms with van der Waals surface area (Å²) in [4.78, 5) is 30.9. The topological polar surface area (TPSA) is 143 Å². The molecule has 0 spiro atoms. The lowest BCUT2D eigenvalue weighted by Crippen LogP contribution is -2.37. The van der Waals surface area contributed by atoms with Gasteiger partial charge in [-0.3, -0.25) is 0 Å². The van der Waals surface area contributed by atoms with Crippen molar-refractivity contribution in [2.45, 2.75) is 71.6 Å². The SMILES string of the molecule is CC(C)C1(C(C)C)c2ccccc2-c2cc3oc4ccc(-c5nc(-c6cccc7oc8ccccc8c67)c6ccccc6n5)cc4c3cc21.CC(C)C1(C)c2ccccc2-c2ccc3c(oc4cccc(-c5ccc(-c6nc(-c7ccccc7)nc7c6oc6ccccc67)cc5)c43)c21.CC1(c2ccccc2)c2ccccc2-c2cc3oc4ccc(-c5nc(-c6ccccc6)c6cc(-c7ccccc7)ccc6n5)cc4c3cc21. The molecule has 3 aliphatic carbocycles. The van der Waals surface area contributed by atoms with Gasteiger partial charge >= 0.3 is 0 Å². The predicted molar refractivity (Wildman–Crippen MR) is 601 cm³/mol. The number of furan rings is 5. The molecule has 0 radical (unpaired) electrons. The van der Waals surface area contributed by atoms with Crippen LogP contribution < -0.4 is 0 Å². The minimum absolute atomic E-state index is 0.0873. The van der Waals surface area contributed by atoms with Crippen LogP contribution in [0, 0.1) is 17.8 Å². The maximum absolute atomic E-state index is 6.83. The molecule has 2 atom stereocenters. The molecule has 2 unspecified atom stereocenters. The molecule has 3 aliphatic rings. The van der Waals surface area contributed by atoms with Gasteiger partial charge in [-0.1, -0.05) is 352 Å². The lowest BCUT2D eigenvalue weighted by molar-refractivity contribution is 0.280. The lowest BCUT2D eigenvalue weighted by atomic mass is 9.63. The molecule has 8 aromatic heterocycles. The van der Waals surface area contributed by atoms with Crippen LogP contribution in [-0.4, -0.2) is 29.9 Å². The summed E-state index contributed by atoms with van der Waals surface area (Å²) >= 11 is 0. The number of para-hydroxylation sites is 3. The second kappa shape index (κ2) is 33.5. The van der Waals surface area contributed by atoms with Gasteiger partial charge in [0.05, 0.1) is 22.4 Å². The van der Waals surface area contributed by atoms with Crippen molar-refractivity contribution in [3.8, 4) is 124 Å². The van der Waals surface area contributed by atoms with Gasteiger partial charge < -0.3 is 22.1 Å². The Kier molecular flexibility index (Phi) is 19.8. The van der Waals surface area contributed by atoms with E-state index in [0.29, 0.717) is 40.8 Å². The van der Waals surface area contributed by atoms with E-state index in [1.54, 1.807) is 0 Å². The van der Waals surface area contributed by atoms with Gasteiger partial charge in [0.15, 0.2) is 23.1 Å². The summed E-state index contributed by atoms with van der Waals surface area (Å²) in [6.45, 7) is 18.8. The van der Waals surface area contributed by atoms with Crippen LogP contribution in [0.25, 0.3) is 255 Å². The third kappa shape index (κ3) is 13.3. The Morgan fingerprint density at radius 2 is 0.646 bits per heavy atom. The maximum Gasteiger partial charge on any atom is 0.180 e. The van der Waals surface area contributed by atoms with E-state index in [1.807, 2.05) is 91.0 Å². The van der Waals surface area contributed by atoms with Gasteiger partial charge in [-0.05, 0) is 229 Å². The molecule has 11 nitrogen and oxygen atoms in total. The van der Waals surface area contributed by atoms with Crippen molar-refractivity contribution in [3.05, 3.63) is 458 Å². The molecule has 8 heterocycles. The van der Waals surface area contributed by atoms with Crippen LogP contribution in [0.3, 0.4) is 0 Å². The maximum atomic E-state index is 6.83. The zero-order valence-corrected chi connectivity index (χ0v) is 82.3. The number of aromatic nitrogens is 6. The highest BCUT2D eigenvalue weighted by Crippen LogP contribution is 2.61. The van der Waals surface area contributed by atoms with Crippen LogP contribution in [0.2, 0.25) is 0 Å². The van der Waals surface area contributed by atoms with E-state index in [1.165, 1.54) is 77.9 Å². The second-order valence-electron chi connectivity index (χ2n) is 40.9. The van der Waals surface area contributed by atoms with E-state index in [2.05, 4.69) is 383 Å². The largest absolute Gasteiger partial charge is 0.456 e. The molecule has 700 valence electrons. The van der Waals surface area contributed by atoms with Gasteiger partial charge in [0.1, 0.15) is 61.5 Å². The summed E-state index contributed by atoms with van der Waals surface area (Å²) in [5.74, 6) is 3.28. The molecule has 0 saturated heterocycles. The Morgan fingerprint density at radius 3 is 1.31 bits per heavy atom. The zero-order chi connectivity index (χ0) is 98.4. The first-order valence-corrected chi connectivity index (χ1v) is 50.9. The van der Waals surface area contributed by atoms with Gasteiger partial charge in [0, 0.05) is 114 Å². The summed E-state index contributed by atoms with van der Waals surface area (Å²) in [5.41, 5.74) is 40.9. The third-order valence-electron chi connectivity index (χ3n) is 32.3. The first kappa shape index (κ1) is 86.8. The van der Waals surface area contributed by atoms with E-state index < -0.39 is 0 Å². The van der Waals surface area contributed by atoms with Crippen LogP contribution >= 0.6 is 0 Å². The van der Waals surface area contributed by atoms with Crippen molar-refractivity contribution in [3.63, 3.8) is 0 Å². The fourth-order valence-corrected chi connectivity index (χ4v) is 25.0. The molecule has 147 heavy (non-hydrogen) atoms. The van der Waals surface area contributed by atoms with E-state index in [0.717, 1.165) is 193 Å². The molecule has 0 aliphatic heterocycles. The molecular weight excluding hydrogens is 1800 g/mol. The number of hydrogen-bond acceptors (Lipinski definition) is 11. The fraction of sp³-hybridized carbons (Fsp3) is 0.103. The quantitative estimate of drug-likeness (QED) is 0.115. The van der Waals surface area contributed by atoms with Gasteiger partial charge in [-0.15, -0.1) is 0 Å². The van der Waals surface area contributed by atoms with Gasteiger partial charge in [-0.25, -0.2) is 29.9 Å². The second-order valence-corrected chi connectivity index (χ2v) is 40.9. The molecule has 0 N–H and O–H groups in total. The van der Waals surface area contributed by atoms with E-state index in [9.17, 15) is 0 Å². The zero-order valence-electron chi connectivity index (χ0n) is 82.3. The number of fused-ring (bicyclic) bond motifs is 27. The van der Waals surface area contributed by atoms with Crippen molar-refractivity contribution in [2.24, 2.45) is 17.8 Å². The van der Waals surface area contributed by atoms with Crippen LogP contribution in [0.4, 0.5) is 0 Å². The Hall–Kier alpha value is -18.1. The molecule has 0 saturated carbocycles. The highest BCUT2D eigenvalue weighted by molar-refractivity contribution is 6.18. The molecule has 11 heteroatoms. The van der Waals surface area contributed by atoms with Crippen molar-refractivity contribution < 1.29 is 22.1 Å². The molecular formula is C136H96N6O5. The summed E-state index contributed by atoms with van der Waals surface area (Å²) in [6, 6.07) is 147. The van der Waals surface area contributed by atoms with Gasteiger partial charge in [-0.2, -0.15) is 0 Å². The highest BCUT2D eigenvalue weighted by atomic mass is 16.3. The van der Waals surface area contributed by atoms with Crippen LogP contribution in [0.15, 0.2) is 441 Å². The molecule has 19 aromatic carbocycles. The third-order valence-corrected chi connectivity index (χ3v) is 32.3. The lowest BCUT2D eigenvalue weighted by Gasteiger charge is -2.40. The molecule has 0 amide bonds. The minimum Gasteiger partial charge on any atom is -0.456 e. The van der Waals surface area contributed by atoms with E-state index in [-0.39, 0.29) is 16.2 Å². The smallest absolute Gasteiger partial charge is 0.180 e. The Balaban J connectivity index is 0.000000107. The summed E-state index contributed by atoms with van der Waals surface area (Å²) in [5, 5.41) is 11.8. The number of benzene rings is 19. The summed E-state index contributed by atoms with van der Waals surface area (Å²) in [7, 11) is 0. The molecule has 30 rings (SSSR count). The number of rotatable bonds is 12. The van der Waals surface area contributed by atoms with Crippen molar-refractivity contribution >= 4 is 132 Å². The average molecular weight is 1890 g/mol. The van der Waals surface area contributed by atoms with E-state index >= 15 is 0 Å². The minimum atomic E-state index is -0.284. The van der Waals surface area contributed by atoms with Gasteiger partial charge in [0.25, 0.3) is 0 Å². The van der Waals surface area contributed by atoms with Crippen LogP contribution in [0.5, 0.6) is 0 Å².